The van der Waals surface area contributed by atoms with Crippen LogP contribution in [0.15, 0.2) is 24.3 Å². The van der Waals surface area contributed by atoms with Crippen LogP contribution in [0.5, 0.6) is 0 Å². The van der Waals surface area contributed by atoms with E-state index in [4.69, 9.17) is 9.72 Å². The summed E-state index contributed by atoms with van der Waals surface area (Å²) < 4.78 is 7.94. The molecule has 0 amide bonds. The Labute approximate surface area is 132 Å². The van der Waals surface area contributed by atoms with Crippen LogP contribution in [0.4, 0.5) is 0 Å². The zero-order valence-corrected chi connectivity index (χ0v) is 13.4. The standard InChI is InChI=1S/C18H25N3O/c1-20-17-7-3-2-6-16(17)19-18(20)14-8-10-21(11-9-14)15-5-4-12-22-13-15/h2-3,6-7,14-15H,4-5,8-13H2,1H3. The first-order chi connectivity index (χ1) is 10.8. The van der Waals surface area contributed by atoms with Gasteiger partial charge in [-0.05, 0) is 50.9 Å². The van der Waals surface area contributed by atoms with Crippen molar-refractivity contribution in [1.82, 2.24) is 14.5 Å². The van der Waals surface area contributed by atoms with E-state index in [1.165, 1.54) is 50.1 Å². The predicted octanol–water partition coefficient (Wildman–Crippen LogP) is 2.93. The van der Waals surface area contributed by atoms with Crippen molar-refractivity contribution >= 4 is 11.0 Å². The van der Waals surface area contributed by atoms with E-state index in [1.807, 2.05) is 0 Å². The molecule has 2 aromatic rings. The van der Waals surface area contributed by atoms with Gasteiger partial charge in [0.05, 0.1) is 17.6 Å². The SMILES string of the molecule is Cn1c(C2CCN(C3CCCOC3)CC2)nc2ccccc21. The second kappa shape index (κ2) is 6.01. The molecule has 3 heterocycles. The Morgan fingerprint density at radius 3 is 2.68 bits per heavy atom. The lowest BCUT2D eigenvalue weighted by molar-refractivity contribution is 0.00848. The minimum atomic E-state index is 0.596. The third-order valence-electron chi connectivity index (χ3n) is 5.37. The molecule has 0 spiro atoms. The first-order valence-electron chi connectivity index (χ1n) is 8.56. The summed E-state index contributed by atoms with van der Waals surface area (Å²) in [4.78, 5) is 7.53. The summed E-state index contributed by atoms with van der Waals surface area (Å²) in [6.45, 7) is 4.24. The molecule has 4 rings (SSSR count). The number of piperidine rings is 1. The number of aryl methyl sites for hydroxylation is 1. The molecule has 22 heavy (non-hydrogen) atoms. The molecule has 0 N–H and O–H groups in total. The number of aromatic nitrogens is 2. The van der Waals surface area contributed by atoms with Gasteiger partial charge in [0.15, 0.2) is 0 Å². The summed E-state index contributed by atoms with van der Waals surface area (Å²) in [6, 6.07) is 9.10. The quantitative estimate of drug-likeness (QED) is 0.854. The van der Waals surface area contributed by atoms with Gasteiger partial charge in [0.25, 0.3) is 0 Å². The molecule has 0 aliphatic carbocycles. The van der Waals surface area contributed by atoms with Gasteiger partial charge in [-0.15, -0.1) is 0 Å². The molecule has 1 aromatic heterocycles. The summed E-state index contributed by atoms with van der Waals surface area (Å²) in [6.07, 6.45) is 4.95. The maximum absolute atomic E-state index is 5.65. The number of hydrogen-bond donors (Lipinski definition) is 0. The Hall–Kier alpha value is -1.39. The van der Waals surface area contributed by atoms with Gasteiger partial charge in [-0.25, -0.2) is 4.98 Å². The van der Waals surface area contributed by atoms with Gasteiger partial charge in [-0.3, -0.25) is 4.90 Å². The highest BCUT2D eigenvalue weighted by Gasteiger charge is 2.29. The highest BCUT2D eigenvalue weighted by molar-refractivity contribution is 5.75. The van der Waals surface area contributed by atoms with Crippen LogP contribution in [0, 0.1) is 0 Å². The Bertz CT molecular complexity index is 637. The number of nitrogens with zero attached hydrogens (tertiary/aromatic N) is 3. The normalized spacial score (nSPS) is 24.9. The molecule has 1 aromatic carbocycles. The fraction of sp³-hybridized carbons (Fsp3) is 0.611. The van der Waals surface area contributed by atoms with E-state index in [2.05, 4.69) is 40.8 Å². The molecule has 118 valence electrons. The van der Waals surface area contributed by atoms with E-state index < -0.39 is 0 Å². The predicted molar refractivity (Wildman–Crippen MR) is 88.1 cm³/mol. The van der Waals surface area contributed by atoms with E-state index in [9.17, 15) is 0 Å². The van der Waals surface area contributed by atoms with Gasteiger partial charge in [0, 0.05) is 25.6 Å². The van der Waals surface area contributed by atoms with Crippen molar-refractivity contribution in [3.8, 4) is 0 Å². The Balaban J connectivity index is 1.47. The first kappa shape index (κ1) is 14.2. The average Bonchev–Trinajstić information content (AvgIpc) is 2.93. The number of benzene rings is 1. The largest absolute Gasteiger partial charge is 0.380 e. The van der Waals surface area contributed by atoms with Crippen molar-refractivity contribution < 1.29 is 4.74 Å². The van der Waals surface area contributed by atoms with Crippen LogP contribution in [0.3, 0.4) is 0 Å². The summed E-state index contributed by atoms with van der Waals surface area (Å²) >= 11 is 0. The van der Waals surface area contributed by atoms with Crippen LogP contribution in [0.2, 0.25) is 0 Å². The minimum Gasteiger partial charge on any atom is -0.380 e. The van der Waals surface area contributed by atoms with Crippen LogP contribution in [-0.4, -0.2) is 46.8 Å². The Morgan fingerprint density at radius 1 is 1.14 bits per heavy atom. The van der Waals surface area contributed by atoms with Crippen LogP contribution >= 0.6 is 0 Å². The maximum Gasteiger partial charge on any atom is 0.112 e. The first-order valence-corrected chi connectivity index (χ1v) is 8.56. The van der Waals surface area contributed by atoms with Crippen molar-refractivity contribution in [2.24, 2.45) is 7.05 Å². The number of imidazole rings is 1. The lowest BCUT2D eigenvalue weighted by Crippen LogP contribution is -2.45. The fourth-order valence-corrected chi connectivity index (χ4v) is 4.06. The van der Waals surface area contributed by atoms with Crippen molar-refractivity contribution in [2.75, 3.05) is 26.3 Å². The summed E-state index contributed by atoms with van der Waals surface area (Å²) in [5.41, 5.74) is 2.38. The second-order valence-corrected chi connectivity index (χ2v) is 6.70. The van der Waals surface area contributed by atoms with Gasteiger partial charge in [-0.1, -0.05) is 12.1 Å². The number of fused-ring (bicyclic) bond motifs is 1. The molecule has 4 nitrogen and oxygen atoms in total. The molecule has 2 aliphatic heterocycles. The van der Waals surface area contributed by atoms with Crippen molar-refractivity contribution in [2.45, 2.75) is 37.6 Å². The monoisotopic (exact) mass is 299 g/mol. The van der Waals surface area contributed by atoms with Crippen LogP contribution in [-0.2, 0) is 11.8 Å². The molecule has 4 heteroatoms. The summed E-state index contributed by atoms with van der Waals surface area (Å²) in [5.74, 6) is 1.86. The van der Waals surface area contributed by atoms with Crippen LogP contribution < -0.4 is 0 Å². The van der Waals surface area contributed by atoms with Crippen molar-refractivity contribution in [1.29, 1.82) is 0 Å². The number of likely N-dealkylation sites (tertiary alicyclic amines) is 1. The molecule has 0 bridgehead atoms. The van der Waals surface area contributed by atoms with Crippen LogP contribution in [0.1, 0.15) is 37.4 Å². The lowest BCUT2D eigenvalue weighted by Gasteiger charge is -2.38. The van der Waals surface area contributed by atoms with Gasteiger partial charge >= 0.3 is 0 Å². The van der Waals surface area contributed by atoms with E-state index in [-0.39, 0.29) is 0 Å². The Kier molecular flexibility index (Phi) is 3.89. The zero-order chi connectivity index (χ0) is 14.9. The highest BCUT2D eigenvalue weighted by atomic mass is 16.5. The Morgan fingerprint density at radius 2 is 1.95 bits per heavy atom. The number of hydrogen-bond acceptors (Lipinski definition) is 3. The average molecular weight is 299 g/mol. The molecule has 2 aliphatic rings. The highest BCUT2D eigenvalue weighted by Crippen LogP contribution is 2.31. The van der Waals surface area contributed by atoms with Gasteiger partial charge in [0.2, 0.25) is 0 Å². The number of para-hydroxylation sites is 2. The van der Waals surface area contributed by atoms with Gasteiger partial charge in [-0.2, -0.15) is 0 Å². The minimum absolute atomic E-state index is 0.596. The van der Waals surface area contributed by atoms with Crippen LogP contribution in [0.25, 0.3) is 11.0 Å². The molecule has 0 saturated carbocycles. The smallest absolute Gasteiger partial charge is 0.112 e. The molecule has 1 unspecified atom stereocenters. The summed E-state index contributed by atoms with van der Waals surface area (Å²) in [5, 5.41) is 0. The summed E-state index contributed by atoms with van der Waals surface area (Å²) in [7, 11) is 2.16. The zero-order valence-electron chi connectivity index (χ0n) is 13.4. The van der Waals surface area contributed by atoms with E-state index >= 15 is 0 Å². The van der Waals surface area contributed by atoms with E-state index in [0.29, 0.717) is 12.0 Å². The van der Waals surface area contributed by atoms with E-state index in [0.717, 1.165) is 18.7 Å². The van der Waals surface area contributed by atoms with Crippen molar-refractivity contribution in [3.05, 3.63) is 30.1 Å². The molecular weight excluding hydrogens is 274 g/mol. The maximum atomic E-state index is 5.65. The molecule has 2 fully saturated rings. The van der Waals surface area contributed by atoms with Gasteiger partial charge in [0.1, 0.15) is 5.82 Å². The number of rotatable bonds is 2. The van der Waals surface area contributed by atoms with Gasteiger partial charge < -0.3 is 9.30 Å². The molecule has 0 radical (unpaired) electrons. The molecule has 1 atom stereocenters. The topological polar surface area (TPSA) is 30.3 Å². The molecule has 2 saturated heterocycles. The second-order valence-electron chi connectivity index (χ2n) is 6.70. The van der Waals surface area contributed by atoms with E-state index in [1.54, 1.807) is 0 Å². The fourth-order valence-electron chi connectivity index (χ4n) is 4.06. The third-order valence-corrected chi connectivity index (χ3v) is 5.37. The van der Waals surface area contributed by atoms with Crippen molar-refractivity contribution in [3.63, 3.8) is 0 Å². The molecular formula is C18H25N3O. The lowest BCUT2D eigenvalue weighted by atomic mass is 9.94. The number of ether oxygens (including phenoxy) is 1. The third kappa shape index (κ3) is 2.55.